The minimum atomic E-state index is -0.531. The van der Waals surface area contributed by atoms with Crippen molar-refractivity contribution in [3.05, 3.63) is 75.6 Å². The lowest BCUT2D eigenvalue weighted by Crippen LogP contribution is -2.41. The lowest BCUT2D eigenvalue weighted by Gasteiger charge is -2.32. The average molecular weight is 455 g/mol. The number of aryl methyl sites for hydroxylation is 1. The predicted octanol–water partition coefficient (Wildman–Crippen LogP) is 3.36. The minimum Gasteiger partial charge on any atom is -0.399 e. The molecule has 0 spiro atoms. The summed E-state index contributed by atoms with van der Waals surface area (Å²) in [5.41, 5.74) is 5.16. The number of nitrogens with one attached hydrogen (secondary N) is 2. The number of aromatic nitrogens is 2. The Labute approximate surface area is 198 Å². The summed E-state index contributed by atoms with van der Waals surface area (Å²) in [6.07, 6.45) is 1.63. The fourth-order valence-corrected chi connectivity index (χ4v) is 3.62. The maximum atomic E-state index is 12.4. The summed E-state index contributed by atoms with van der Waals surface area (Å²) >= 11 is 0. The number of nitrogens with zero attached hydrogens (tertiary/aromatic N) is 3. The second-order valence-electron chi connectivity index (χ2n) is 9.19. The molecule has 1 aliphatic rings. The van der Waals surface area contributed by atoms with E-state index in [1.807, 2.05) is 77.1 Å². The van der Waals surface area contributed by atoms with Gasteiger partial charge in [0.15, 0.2) is 0 Å². The Morgan fingerprint density at radius 1 is 1.12 bits per heavy atom. The van der Waals surface area contributed by atoms with Crippen LogP contribution in [0.25, 0.3) is 11.3 Å². The number of hydrogen-bond acceptors (Lipinski definition) is 7. The maximum Gasteiger partial charge on any atom is 0.495 e. The van der Waals surface area contributed by atoms with E-state index in [2.05, 4.69) is 20.5 Å². The van der Waals surface area contributed by atoms with E-state index in [0.717, 1.165) is 16.6 Å². The first-order valence-corrected chi connectivity index (χ1v) is 11.0. The molecule has 0 amide bonds. The fraction of sp³-hybridized carbons (Fsp3) is 0.280. The smallest absolute Gasteiger partial charge is 0.399 e. The Kier molecular flexibility index (Phi) is 6.13. The molecule has 3 aromatic rings. The van der Waals surface area contributed by atoms with Crippen LogP contribution in [0.1, 0.15) is 44.4 Å². The van der Waals surface area contributed by atoms with Gasteiger partial charge in [-0.25, -0.2) is 10.4 Å². The third-order valence-electron chi connectivity index (χ3n) is 6.26. The molecule has 0 atom stereocenters. The molecule has 2 heterocycles. The van der Waals surface area contributed by atoms with E-state index in [0.29, 0.717) is 11.3 Å². The van der Waals surface area contributed by atoms with E-state index < -0.39 is 23.9 Å². The normalized spacial score (nSPS) is 16.5. The highest BCUT2D eigenvalue weighted by atomic mass is 16.7. The highest BCUT2D eigenvalue weighted by molar-refractivity contribution is 6.62. The topological polar surface area (TPSA) is 112 Å². The van der Waals surface area contributed by atoms with Crippen LogP contribution in [0.3, 0.4) is 0 Å². The summed E-state index contributed by atoms with van der Waals surface area (Å²) in [6, 6.07) is 16.9. The number of anilines is 1. The molecule has 0 bridgehead atoms. The lowest BCUT2D eigenvalue weighted by molar-refractivity contribution is 0.00578. The van der Waals surface area contributed by atoms with Gasteiger partial charge in [0.05, 0.1) is 23.1 Å². The number of nitriles is 1. The second-order valence-corrected chi connectivity index (χ2v) is 9.19. The minimum absolute atomic E-state index is 0.0466. The van der Waals surface area contributed by atoms with Gasteiger partial charge >= 0.3 is 7.12 Å². The van der Waals surface area contributed by atoms with Crippen molar-refractivity contribution in [1.29, 1.82) is 5.26 Å². The Morgan fingerprint density at radius 2 is 1.79 bits per heavy atom. The van der Waals surface area contributed by atoms with Crippen molar-refractivity contribution in [2.75, 3.05) is 5.43 Å². The number of benzene rings is 2. The molecule has 2 N–H and O–H groups in total. The Hall–Kier alpha value is -3.74. The molecule has 0 unspecified atom stereocenters. The number of hydrazone groups is 1. The lowest BCUT2D eigenvalue weighted by atomic mass is 9.76. The zero-order valence-electron chi connectivity index (χ0n) is 19.8. The van der Waals surface area contributed by atoms with Gasteiger partial charge in [-0.05, 0) is 45.6 Å². The van der Waals surface area contributed by atoms with Crippen LogP contribution in [0.5, 0.6) is 0 Å². The number of aromatic amines is 1. The monoisotopic (exact) mass is 455 g/mol. The molecule has 1 saturated heterocycles. The molecule has 4 rings (SSSR count). The SMILES string of the molecule is Cc1cc(C=NNc2nc(-c3ccccc3)c(C#N)c(=O)[nH]2)ccc1B1OC(C)(C)C(C)(C)O1. The molecule has 2 aromatic carbocycles. The molecule has 1 aliphatic heterocycles. The summed E-state index contributed by atoms with van der Waals surface area (Å²) in [6.45, 7) is 10.1. The van der Waals surface area contributed by atoms with Crippen LogP contribution < -0.4 is 16.4 Å². The summed E-state index contributed by atoms with van der Waals surface area (Å²) in [5, 5.41) is 13.6. The van der Waals surface area contributed by atoms with Gasteiger partial charge in [-0.15, -0.1) is 0 Å². The number of hydrogen-bond donors (Lipinski definition) is 2. The van der Waals surface area contributed by atoms with Gasteiger partial charge in [0.25, 0.3) is 5.56 Å². The van der Waals surface area contributed by atoms with E-state index in [4.69, 9.17) is 9.31 Å². The number of rotatable bonds is 5. The maximum absolute atomic E-state index is 12.4. The van der Waals surface area contributed by atoms with E-state index in [1.54, 1.807) is 18.3 Å². The molecule has 8 nitrogen and oxygen atoms in total. The third kappa shape index (κ3) is 4.51. The highest BCUT2D eigenvalue weighted by Crippen LogP contribution is 2.36. The van der Waals surface area contributed by atoms with Gasteiger partial charge < -0.3 is 9.31 Å². The zero-order chi connectivity index (χ0) is 24.5. The third-order valence-corrected chi connectivity index (χ3v) is 6.26. The summed E-state index contributed by atoms with van der Waals surface area (Å²) < 4.78 is 12.3. The van der Waals surface area contributed by atoms with Gasteiger partial charge in [-0.1, -0.05) is 54.1 Å². The first kappa shape index (κ1) is 23.4. The molecule has 1 fully saturated rings. The first-order valence-electron chi connectivity index (χ1n) is 11.0. The van der Waals surface area contributed by atoms with Crippen molar-refractivity contribution in [1.82, 2.24) is 9.97 Å². The molecule has 0 aliphatic carbocycles. The molecule has 1 aromatic heterocycles. The molecule has 0 radical (unpaired) electrons. The van der Waals surface area contributed by atoms with Crippen LogP contribution >= 0.6 is 0 Å². The van der Waals surface area contributed by atoms with Crippen molar-refractivity contribution >= 4 is 24.7 Å². The van der Waals surface area contributed by atoms with Crippen molar-refractivity contribution in [3.8, 4) is 17.3 Å². The summed E-state index contributed by atoms with van der Waals surface area (Å²) in [4.78, 5) is 19.3. The zero-order valence-corrected chi connectivity index (χ0v) is 19.8. The van der Waals surface area contributed by atoms with Crippen molar-refractivity contribution in [3.63, 3.8) is 0 Å². The molecule has 34 heavy (non-hydrogen) atoms. The largest absolute Gasteiger partial charge is 0.495 e. The Balaban J connectivity index is 1.52. The fourth-order valence-electron chi connectivity index (χ4n) is 3.62. The summed E-state index contributed by atoms with van der Waals surface area (Å²) in [5.74, 6) is 0.143. The van der Waals surface area contributed by atoms with Crippen LogP contribution in [0.15, 0.2) is 58.4 Å². The quantitative estimate of drug-likeness (QED) is 0.347. The van der Waals surface area contributed by atoms with Crippen LogP contribution in [0.2, 0.25) is 0 Å². The second kappa shape index (κ2) is 8.90. The standard InChI is InChI=1S/C25H26BN5O3/c1-16-13-17(11-12-20(16)26-33-24(2,3)25(4,5)34-26)15-28-31-23-29-21(18-9-7-6-8-10-18)19(14-27)22(32)30-23/h6-13,15H,1-5H3,(H2,29,30,31,32). The molecular formula is C25H26BN5O3. The van der Waals surface area contributed by atoms with Crippen LogP contribution in [-0.2, 0) is 9.31 Å². The summed E-state index contributed by atoms with van der Waals surface area (Å²) in [7, 11) is -0.432. The van der Waals surface area contributed by atoms with Gasteiger partial charge in [0.2, 0.25) is 5.95 Å². The number of H-pyrrole nitrogens is 1. The molecular weight excluding hydrogens is 429 g/mol. The van der Waals surface area contributed by atoms with Gasteiger partial charge in [0.1, 0.15) is 11.6 Å². The van der Waals surface area contributed by atoms with Crippen LogP contribution in [0.4, 0.5) is 5.95 Å². The van der Waals surface area contributed by atoms with E-state index in [9.17, 15) is 10.1 Å². The molecule has 0 saturated carbocycles. The van der Waals surface area contributed by atoms with E-state index >= 15 is 0 Å². The van der Waals surface area contributed by atoms with E-state index in [1.165, 1.54) is 0 Å². The predicted molar refractivity (Wildman–Crippen MR) is 133 cm³/mol. The Morgan fingerprint density at radius 3 is 2.41 bits per heavy atom. The Bertz CT molecular complexity index is 1330. The van der Waals surface area contributed by atoms with Crippen molar-refractivity contribution in [2.24, 2.45) is 5.10 Å². The van der Waals surface area contributed by atoms with Gasteiger partial charge in [-0.3, -0.25) is 9.78 Å². The highest BCUT2D eigenvalue weighted by Gasteiger charge is 2.52. The van der Waals surface area contributed by atoms with Gasteiger partial charge in [0, 0.05) is 5.56 Å². The first-order chi connectivity index (χ1) is 16.1. The van der Waals surface area contributed by atoms with Crippen LogP contribution in [-0.4, -0.2) is 34.5 Å². The van der Waals surface area contributed by atoms with Gasteiger partial charge in [-0.2, -0.15) is 10.4 Å². The van der Waals surface area contributed by atoms with E-state index in [-0.39, 0.29) is 11.5 Å². The van der Waals surface area contributed by atoms with Crippen molar-refractivity contribution < 1.29 is 9.31 Å². The van der Waals surface area contributed by atoms with Crippen molar-refractivity contribution in [2.45, 2.75) is 45.8 Å². The van der Waals surface area contributed by atoms with Crippen LogP contribution in [0, 0.1) is 18.3 Å². The molecule has 172 valence electrons. The average Bonchev–Trinajstić information content (AvgIpc) is 3.00. The molecule has 9 heteroatoms.